The van der Waals surface area contributed by atoms with E-state index in [1.54, 1.807) is 12.1 Å². The van der Waals surface area contributed by atoms with Gasteiger partial charge in [0.2, 0.25) is 5.88 Å². The van der Waals surface area contributed by atoms with Gasteiger partial charge in [0.1, 0.15) is 5.56 Å². The summed E-state index contributed by atoms with van der Waals surface area (Å²) in [6.45, 7) is 5.75. The van der Waals surface area contributed by atoms with Crippen molar-refractivity contribution < 1.29 is 5.11 Å². The van der Waals surface area contributed by atoms with E-state index in [1.807, 2.05) is 57.2 Å². The monoisotopic (exact) mass is 363 g/mol. The lowest BCUT2D eigenvalue weighted by molar-refractivity contribution is 0.430. The number of aromatic amines is 1. The molecule has 3 aromatic rings. The van der Waals surface area contributed by atoms with Crippen LogP contribution in [0.25, 0.3) is 5.69 Å². The first kappa shape index (κ1) is 18.4. The van der Waals surface area contributed by atoms with Crippen molar-refractivity contribution in [1.29, 1.82) is 0 Å². The second-order valence-corrected chi connectivity index (χ2v) is 6.47. The largest absolute Gasteiger partial charge is 0.493 e. The molecule has 138 valence electrons. The Morgan fingerprint density at radius 3 is 2.44 bits per heavy atom. The second-order valence-electron chi connectivity index (χ2n) is 6.47. The van der Waals surface area contributed by atoms with Gasteiger partial charge in [-0.25, -0.2) is 9.36 Å². The van der Waals surface area contributed by atoms with Crippen molar-refractivity contribution in [3.63, 3.8) is 0 Å². The van der Waals surface area contributed by atoms with E-state index >= 15 is 0 Å². The van der Waals surface area contributed by atoms with Crippen molar-refractivity contribution in [2.75, 3.05) is 0 Å². The van der Waals surface area contributed by atoms with Crippen molar-refractivity contribution in [2.45, 2.75) is 26.8 Å². The van der Waals surface area contributed by atoms with Crippen LogP contribution >= 0.6 is 0 Å². The number of aliphatic imine (C=N–C) groups is 1. The maximum absolute atomic E-state index is 12.3. The summed E-state index contributed by atoms with van der Waals surface area (Å²) in [6, 6.07) is 14.7. The van der Waals surface area contributed by atoms with Crippen LogP contribution in [0.4, 0.5) is 0 Å². The molecule has 0 saturated carbocycles. The fourth-order valence-corrected chi connectivity index (χ4v) is 2.76. The molecule has 0 saturated heterocycles. The second kappa shape index (κ2) is 7.45. The quantitative estimate of drug-likeness (QED) is 0.699. The van der Waals surface area contributed by atoms with E-state index in [0.29, 0.717) is 5.69 Å². The van der Waals surface area contributed by atoms with Crippen LogP contribution in [-0.2, 0) is 0 Å². The van der Waals surface area contributed by atoms with Gasteiger partial charge < -0.3 is 5.11 Å². The van der Waals surface area contributed by atoms with Gasteiger partial charge in [-0.05, 0) is 49.6 Å². The Labute approximate surface area is 156 Å². The Balaban J connectivity index is 2.07. The van der Waals surface area contributed by atoms with Gasteiger partial charge in [0.25, 0.3) is 5.56 Å². The molecule has 0 bridgehead atoms. The first-order chi connectivity index (χ1) is 12.9. The summed E-state index contributed by atoms with van der Waals surface area (Å²) >= 11 is 0. The van der Waals surface area contributed by atoms with Gasteiger partial charge in [-0.3, -0.25) is 14.8 Å². The molecular formula is C21H21N3O3. The van der Waals surface area contributed by atoms with Gasteiger partial charge >= 0.3 is 5.69 Å². The van der Waals surface area contributed by atoms with Gasteiger partial charge in [-0.1, -0.05) is 36.4 Å². The molecule has 2 N–H and O–H groups in total. The standard InChI is InChI=1S/C21H21N3O3/c1-13-9-10-17(11-14(13)2)24-20(26)18(19(25)23-21(24)27)12-22-15(3)16-7-5-4-6-8-16/h4-12,15,26H,1-3H3,(H,23,25,27). The first-order valence-electron chi connectivity index (χ1n) is 8.62. The number of benzene rings is 2. The van der Waals surface area contributed by atoms with Gasteiger partial charge in [-0.15, -0.1) is 0 Å². The van der Waals surface area contributed by atoms with E-state index in [1.165, 1.54) is 6.21 Å². The van der Waals surface area contributed by atoms with Crippen molar-refractivity contribution >= 4 is 6.21 Å². The number of nitrogens with zero attached hydrogens (tertiary/aromatic N) is 2. The highest BCUT2D eigenvalue weighted by molar-refractivity contribution is 5.82. The molecule has 0 spiro atoms. The van der Waals surface area contributed by atoms with Crippen molar-refractivity contribution in [1.82, 2.24) is 9.55 Å². The van der Waals surface area contributed by atoms with Crippen LogP contribution in [0, 0.1) is 13.8 Å². The Kier molecular flexibility index (Phi) is 5.07. The third-order valence-electron chi connectivity index (χ3n) is 4.58. The maximum atomic E-state index is 12.3. The maximum Gasteiger partial charge on any atom is 0.335 e. The highest BCUT2D eigenvalue weighted by atomic mass is 16.3. The molecule has 1 heterocycles. The fraction of sp³-hybridized carbons (Fsp3) is 0.190. The molecular weight excluding hydrogens is 342 g/mol. The number of rotatable bonds is 4. The van der Waals surface area contributed by atoms with Crippen LogP contribution in [0.15, 0.2) is 63.1 Å². The average Bonchev–Trinajstić information content (AvgIpc) is 2.64. The minimum absolute atomic E-state index is 0.0596. The summed E-state index contributed by atoms with van der Waals surface area (Å²) in [5.74, 6) is -0.434. The van der Waals surface area contributed by atoms with E-state index in [2.05, 4.69) is 9.98 Å². The molecule has 0 aliphatic rings. The minimum atomic E-state index is -0.700. The molecule has 0 radical (unpaired) electrons. The van der Waals surface area contributed by atoms with Crippen LogP contribution in [-0.4, -0.2) is 20.9 Å². The third-order valence-corrected chi connectivity index (χ3v) is 4.58. The third kappa shape index (κ3) is 3.74. The van der Waals surface area contributed by atoms with Gasteiger partial charge in [-0.2, -0.15) is 0 Å². The van der Waals surface area contributed by atoms with Gasteiger partial charge in [0.15, 0.2) is 0 Å². The Hall–Kier alpha value is -3.41. The smallest absolute Gasteiger partial charge is 0.335 e. The van der Waals surface area contributed by atoms with Crippen molar-refractivity contribution in [3.05, 3.63) is 91.6 Å². The molecule has 0 aliphatic heterocycles. The average molecular weight is 363 g/mol. The number of hydrogen-bond acceptors (Lipinski definition) is 4. The summed E-state index contributed by atoms with van der Waals surface area (Å²) in [6.07, 6.45) is 1.31. The zero-order valence-corrected chi connectivity index (χ0v) is 15.4. The van der Waals surface area contributed by atoms with Gasteiger partial charge in [0.05, 0.1) is 11.7 Å². The molecule has 27 heavy (non-hydrogen) atoms. The Bertz CT molecular complexity index is 1110. The molecule has 2 aromatic carbocycles. The Morgan fingerprint density at radius 2 is 1.78 bits per heavy atom. The molecule has 1 unspecified atom stereocenters. The predicted octanol–water partition coefficient (Wildman–Crippen LogP) is 3.03. The summed E-state index contributed by atoms with van der Waals surface area (Å²) in [5, 5.41) is 10.6. The van der Waals surface area contributed by atoms with E-state index in [0.717, 1.165) is 21.3 Å². The van der Waals surface area contributed by atoms with Crippen LogP contribution in [0.5, 0.6) is 5.88 Å². The minimum Gasteiger partial charge on any atom is -0.493 e. The number of nitrogens with one attached hydrogen (secondary N) is 1. The van der Waals surface area contributed by atoms with E-state index in [9.17, 15) is 14.7 Å². The summed E-state index contributed by atoms with van der Waals surface area (Å²) < 4.78 is 1.07. The van der Waals surface area contributed by atoms with Crippen LogP contribution in [0.3, 0.4) is 0 Å². The molecule has 6 heteroatoms. The van der Waals surface area contributed by atoms with E-state index in [-0.39, 0.29) is 11.6 Å². The number of aromatic nitrogens is 2. The molecule has 6 nitrogen and oxygen atoms in total. The molecule has 0 amide bonds. The molecule has 1 atom stereocenters. The first-order valence-corrected chi connectivity index (χ1v) is 8.62. The summed E-state index contributed by atoms with van der Waals surface area (Å²) in [7, 11) is 0. The predicted molar refractivity (Wildman–Crippen MR) is 106 cm³/mol. The molecule has 3 rings (SSSR count). The topological polar surface area (TPSA) is 87.4 Å². The number of hydrogen-bond donors (Lipinski definition) is 2. The highest BCUT2D eigenvalue weighted by Gasteiger charge is 2.15. The molecule has 1 aromatic heterocycles. The lowest BCUT2D eigenvalue weighted by atomic mass is 10.1. The van der Waals surface area contributed by atoms with Gasteiger partial charge in [0, 0.05) is 6.21 Å². The zero-order chi connectivity index (χ0) is 19.6. The van der Waals surface area contributed by atoms with E-state index in [4.69, 9.17) is 0 Å². The SMILES string of the molecule is Cc1ccc(-n2c(O)c(C=NC(C)c3ccccc3)c(=O)[nH]c2=O)cc1C. The number of aryl methyl sites for hydroxylation is 2. The summed E-state index contributed by atoms with van der Waals surface area (Å²) in [4.78, 5) is 31.1. The highest BCUT2D eigenvalue weighted by Crippen LogP contribution is 2.20. The van der Waals surface area contributed by atoms with Crippen LogP contribution < -0.4 is 11.2 Å². The van der Waals surface area contributed by atoms with Crippen LogP contribution in [0.2, 0.25) is 0 Å². The lowest BCUT2D eigenvalue weighted by Crippen LogP contribution is -2.31. The fourth-order valence-electron chi connectivity index (χ4n) is 2.76. The van der Waals surface area contributed by atoms with Crippen molar-refractivity contribution in [2.24, 2.45) is 4.99 Å². The number of H-pyrrole nitrogens is 1. The Morgan fingerprint density at radius 1 is 1.07 bits per heavy atom. The molecule has 0 aliphatic carbocycles. The lowest BCUT2D eigenvalue weighted by Gasteiger charge is -2.12. The number of aromatic hydroxyl groups is 1. The van der Waals surface area contributed by atoms with Crippen LogP contribution in [0.1, 0.15) is 35.2 Å². The zero-order valence-electron chi connectivity index (χ0n) is 15.4. The normalized spacial score (nSPS) is 12.4. The van der Waals surface area contributed by atoms with E-state index < -0.39 is 17.1 Å². The molecule has 0 fully saturated rings. The summed E-state index contributed by atoms with van der Waals surface area (Å²) in [5.41, 5.74) is 2.05. The van der Waals surface area contributed by atoms with Crippen molar-refractivity contribution in [3.8, 4) is 11.6 Å².